The topological polar surface area (TPSA) is 56.4 Å². The monoisotopic (exact) mass is 260 g/mol. The van der Waals surface area contributed by atoms with Crippen molar-refractivity contribution in [3.63, 3.8) is 0 Å². The van der Waals surface area contributed by atoms with E-state index in [0.717, 1.165) is 24.6 Å². The first-order chi connectivity index (χ1) is 9.04. The summed E-state index contributed by atoms with van der Waals surface area (Å²) in [6.07, 6.45) is 1.30. The lowest BCUT2D eigenvalue weighted by molar-refractivity contribution is 0.267. The van der Waals surface area contributed by atoms with Crippen molar-refractivity contribution in [2.45, 2.75) is 13.0 Å². The molecule has 1 aliphatic rings. The zero-order chi connectivity index (χ0) is 13.8. The van der Waals surface area contributed by atoms with Crippen molar-refractivity contribution in [3.05, 3.63) is 35.4 Å². The lowest BCUT2D eigenvalue weighted by atomic mass is 10.1. The summed E-state index contributed by atoms with van der Waals surface area (Å²) < 4.78 is 0. The SMILES string of the molecule is CN1CCC(CN(C)Cc2cccc(C(=N)N)c2)C1. The van der Waals surface area contributed by atoms with Gasteiger partial charge in [-0.15, -0.1) is 0 Å². The average molecular weight is 260 g/mol. The van der Waals surface area contributed by atoms with Crippen LogP contribution in [0.4, 0.5) is 0 Å². The van der Waals surface area contributed by atoms with Crippen molar-refractivity contribution < 1.29 is 0 Å². The van der Waals surface area contributed by atoms with Crippen LogP contribution in [0.25, 0.3) is 0 Å². The van der Waals surface area contributed by atoms with E-state index in [2.05, 4.69) is 30.0 Å². The maximum absolute atomic E-state index is 7.48. The molecule has 104 valence electrons. The summed E-state index contributed by atoms with van der Waals surface area (Å²) in [5.74, 6) is 0.924. The Hall–Kier alpha value is -1.39. The van der Waals surface area contributed by atoms with Gasteiger partial charge < -0.3 is 15.5 Å². The molecule has 1 aromatic carbocycles. The van der Waals surface area contributed by atoms with Crippen LogP contribution in [-0.2, 0) is 6.54 Å². The molecule has 19 heavy (non-hydrogen) atoms. The van der Waals surface area contributed by atoms with Crippen LogP contribution in [-0.4, -0.2) is 49.4 Å². The summed E-state index contributed by atoms with van der Waals surface area (Å²) in [5.41, 5.74) is 7.56. The highest BCUT2D eigenvalue weighted by molar-refractivity contribution is 5.95. The second kappa shape index (κ2) is 6.17. The number of rotatable bonds is 5. The molecular formula is C15H24N4. The van der Waals surface area contributed by atoms with Gasteiger partial charge in [-0.05, 0) is 44.6 Å². The van der Waals surface area contributed by atoms with Crippen molar-refractivity contribution in [2.24, 2.45) is 11.7 Å². The van der Waals surface area contributed by atoms with Gasteiger partial charge in [0, 0.05) is 25.2 Å². The Morgan fingerprint density at radius 2 is 2.32 bits per heavy atom. The maximum atomic E-state index is 7.48. The van der Waals surface area contributed by atoms with Crippen LogP contribution in [0.5, 0.6) is 0 Å². The number of hydrogen-bond donors (Lipinski definition) is 2. The minimum Gasteiger partial charge on any atom is -0.384 e. The lowest BCUT2D eigenvalue weighted by Crippen LogP contribution is -2.27. The highest BCUT2D eigenvalue weighted by Gasteiger charge is 2.20. The molecule has 0 aliphatic carbocycles. The molecule has 0 radical (unpaired) electrons. The first-order valence-corrected chi connectivity index (χ1v) is 6.85. The van der Waals surface area contributed by atoms with E-state index < -0.39 is 0 Å². The quantitative estimate of drug-likeness (QED) is 0.621. The Labute approximate surface area is 115 Å². The van der Waals surface area contributed by atoms with Gasteiger partial charge in [0.2, 0.25) is 0 Å². The minimum absolute atomic E-state index is 0.141. The summed E-state index contributed by atoms with van der Waals surface area (Å²) in [6, 6.07) is 7.98. The number of likely N-dealkylation sites (tertiary alicyclic amines) is 1. The molecule has 1 atom stereocenters. The van der Waals surface area contributed by atoms with Crippen molar-refractivity contribution in [1.82, 2.24) is 9.80 Å². The molecule has 4 nitrogen and oxygen atoms in total. The van der Waals surface area contributed by atoms with Crippen molar-refractivity contribution >= 4 is 5.84 Å². The molecule has 1 aliphatic heterocycles. The predicted octanol–water partition coefficient (Wildman–Crippen LogP) is 1.35. The number of hydrogen-bond acceptors (Lipinski definition) is 3. The average Bonchev–Trinajstić information content (AvgIpc) is 2.74. The van der Waals surface area contributed by atoms with Crippen LogP contribution >= 0.6 is 0 Å². The molecule has 1 aromatic rings. The Bertz CT molecular complexity index is 444. The fourth-order valence-electron chi connectivity index (χ4n) is 2.83. The fourth-order valence-corrected chi connectivity index (χ4v) is 2.83. The highest BCUT2D eigenvalue weighted by Crippen LogP contribution is 2.16. The number of nitrogens with one attached hydrogen (secondary N) is 1. The fraction of sp³-hybridized carbons (Fsp3) is 0.533. The highest BCUT2D eigenvalue weighted by atomic mass is 15.1. The lowest BCUT2D eigenvalue weighted by Gasteiger charge is -2.21. The summed E-state index contributed by atoms with van der Waals surface area (Å²) in [7, 11) is 4.36. The van der Waals surface area contributed by atoms with E-state index in [4.69, 9.17) is 11.1 Å². The van der Waals surface area contributed by atoms with Crippen molar-refractivity contribution in [3.8, 4) is 0 Å². The van der Waals surface area contributed by atoms with Gasteiger partial charge in [0.05, 0.1) is 0 Å². The molecule has 0 spiro atoms. The van der Waals surface area contributed by atoms with Gasteiger partial charge in [-0.2, -0.15) is 0 Å². The van der Waals surface area contributed by atoms with Gasteiger partial charge in [0.25, 0.3) is 0 Å². The molecule has 0 amide bonds. The minimum atomic E-state index is 0.141. The predicted molar refractivity (Wildman–Crippen MR) is 79.4 cm³/mol. The van der Waals surface area contributed by atoms with Crippen LogP contribution in [0, 0.1) is 11.3 Å². The molecular weight excluding hydrogens is 236 g/mol. The second-order valence-corrected chi connectivity index (χ2v) is 5.73. The van der Waals surface area contributed by atoms with Crippen LogP contribution in [0.15, 0.2) is 24.3 Å². The standard InChI is InChI=1S/C15H24N4/c1-18-7-6-13(10-18)11-19(2)9-12-4-3-5-14(8-12)15(16)17/h3-5,8,13H,6-7,9-11H2,1-2H3,(H3,16,17). The first-order valence-electron chi connectivity index (χ1n) is 6.85. The third kappa shape index (κ3) is 4.04. The van der Waals surface area contributed by atoms with Gasteiger partial charge in [-0.1, -0.05) is 18.2 Å². The number of nitrogens with two attached hydrogens (primary N) is 1. The summed E-state index contributed by atoms with van der Waals surface area (Å²) in [4.78, 5) is 4.76. The Morgan fingerprint density at radius 3 is 2.95 bits per heavy atom. The number of benzene rings is 1. The Morgan fingerprint density at radius 1 is 1.53 bits per heavy atom. The molecule has 0 saturated carbocycles. The molecule has 1 fully saturated rings. The van der Waals surface area contributed by atoms with Crippen molar-refractivity contribution in [2.75, 3.05) is 33.7 Å². The summed E-state index contributed by atoms with van der Waals surface area (Å²) in [5, 5.41) is 7.48. The second-order valence-electron chi connectivity index (χ2n) is 5.73. The molecule has 3 N–H and O–H groups in total. The Kier molecular flexibility index (Phi) is 4.56. The molecule has 0 aromatic heterocycles. The van der Waals surface area contributed by atoms with E-state index in [1.807, 2.05) is 18.2 Å². The van der Waals surface area contributed by atoms with E-state index >= 15 is 0 Å². The van der Waals surface area contributed by atoms with E-state index in [0.29, 0.717) is 0 Å². The zero-order valence-corrected chi connectivity index (χ0v) is 11.9. The Balaban J connectivity index is 1.89. The van der Waals surface area contributed by atoms with E-state index in [9.17, 15) is 0 Å². The maximum Gasteiger partial charge on any atom is 0.122 e. The molecule has 2 rings (SSSR count). The van der Waals surface area contributed by atoms with Gasteiger partial charge in [-0.25, -0.2) is 0 Å². The summed E-state index contributed by atoms with van der Waals surface area (Å²) in [6.45, 7) is 4.48. The number of nitrogen functional groups attached to an aromatic ring is 1. The molecule has 1 saturated heterocycles. The van der Waals surface area contributed by atoms with Crippen molar-refractivity contribution in [1.29, 1.82) is 5.41 Å². The zero-order valence-electron chi connectivity index (χ0n) is 11.9. The van der Waals surface area contributed by atoms with E-state index in [1.54, 1.807) is 0 Å². The molecule has 1 unspecified atom stereocenters. The van der Waals surface area contributed by atoms with Crippen LogP contribution in [0.2, 0.25) is 0 Å². The third-order valence-electron chi connectivity index (χ3n) is 3.75. The molecule has 4 heteroatoms. The van der Waals surface area contributed by atoms with Gasteiger partial charge in [-0.3, -0.25) is 5.41 Å². The normalized spacial score (nSPS) is 20.1. The third-order valence-corrected chi connectivity index (χ3v) is 3.75. The molecule has 0 bridgehead atoms. The summed E-state index contributed by atoms with van der Waals surface area (Å²) >= 11 is 0. The van der Waals surface area contributed by atoms with Crippen LogP contribution in [0.3, 0.4) is 0 Å². The van der Waals surface area contributed by atoms with Gasteiger partial charge in [0.15, 0.2) is 0 Å². The van der Waals surface area contributed by atoms with Gasteiger partial charge in [0.1, 0.15) is 5.84 Å². The van der Waals surface area contributed by atoms with E-state index in [-0.39, 0.29) is 5.84 Å². The molecule has 1 heterocycles. The van der Waals surface area contributed by atoms with E-state index in [1.165, 1.54) is 25.1 Å². The number of amidine groups is 1. The van der Waals surface area contributed by atoms with Crippen LogP contribution in [0.1, 0.15) is 17.5 Å². The largest absolute Gasteiger partial charge is 0.384 e. The number of nitrogens with zero attached hydrogens (tertiary/aromatic N) is 2. The first kappa shape index (κ1) is 14.0. The van der Waals surface area contributed by atoms with Gasteiger partial charge >= 0.3 is 0 Å². The van der Waals surface area contributed by atoms with Crippen LogP contribution < -0.4 is 5.73 Å². The smallest absolute Gasteiger partial charge is 0.122 e.